The van der Waals surface area contributed by atoms with Crippen LogP contribution in [0.2, 0.25) is 0 Å². The van der Waals surface area contributed by atoms with E-state index in [4.69, 9.17) is 0 Å². The van der Waals surface area contributed by atoms with E-state index >= 15 is 0 Å². The molecule has 0 saturated carbocycles. The maximum absolute atomic E-state index is 0. The predicted molar refractivity (Wildman–Crippen MR) is 16.6 cm³/mol. The summed E-state index contributed by atoms with van der Waals surface area (Å²) < 4.78 is 0. The third-order valence-electron chi connectivity index (χ3n) is 0. The Bertz CT molecular complexity index is 8.49. The van der Waals surface area contributed by atoms with Crippen molar-refractivity contribution in [3.63, 3.8) is 0 Å². The molecule has 8 heteroatoms. The zero-order valence-electron chi connectivity index (χ0n) is 3.80. The molecule has 0 aromatic rings. The molecule has 0 rings (SSSR count). The van der Waals surface area contributed by atoms with Crippen molar-refractivity contribution in [2.24, 2.45) is 0 Å². The van der Waals surface area contributed by atoms with Gasteiger partial charge in [-0.1, -0.05) is 0 Å². The van der Waals surface area contributed by atoms with Gasteiger partial charge in [0.05, 0.1) is 0 Å². The SMILES string of the molecule is N.[Mo+6].[OH-].[OH-].[OH-].[OH-].[OH-].[OH-]. The molecule has 0 bridgehead atoms. The largest absolute Gasteiger partial charge is 6.00 e. The van der Waals surface area contributed by atoms with Crippen molar-refractivity contribution >= 4 is 0 Å². The smallest absolute Gasteiger partial charge is 0.870 e. The van der Waals surface area contributed by atoms with Gasteiger partial charge >= 0.3 is 21.1 Å². The summed E-state index contributed by atoms with van der Waals surface area (Å²) in [5, 5.41) is 0. The molecule has 0 aromatic carbocycles. The Kier molecular flexibility index (Phi) is 631000. The van der Waals surface area contributed by atoms with Crippen molar-refractivity contribution in [1.82, 2.24) is 6.15 Å². The summed E-state index contributed by atoms with van der Waals surface area (Å²) in [5.41, 5.74) is 0. The maximum atomic E-state index is 0. The summed E-state index contributed by atoms with van der Waals surface area (Å²) >= 11 is 0. The second-order valence-electron chi connectivity index (χ2n) is 0. The first kappa shape index (κ1) is 2770. The van der Waals surface area contributed by atoms with Gasteiger partial charge in [-0.3, -0.25) is 0 Å². The maximum Gasteiger partial charge on any atom is 6.00 e. The van der Waals surface area contributed by atoms with Crippen LogP contribution in [0.5, 0.6) is 0 Å². The summed E-state index contributed by atoms with van der Waals surface area (Å²) in [6.07, 6.45) is 0. The van der Waals surface area contributed by atoms with E-state index < -0.39 is 0 Å². The van der Waals surface area contributed by atoms with Gasteiger partial charge in [0.15, 0.2) is 0 Å². The van der Waals surface area contributed by atoms with Gasteiger partial charge in [0, 0.05) is 0 Å². The Hall–Kier alpha value is 0.408. The number of hydrogen-bond donors (Lipinski definition) is 1. The average Bonchev–Trinajstić information content (AvgIpc) is 0. The van der Waals surface area contributed by atoms with Gasteiger partial charge in [-0.15, -0.1) is 0 Å². The van der Waals surface area contributed by atoms with Crippen molar-refractivity contribution < 1.29 is 53.9 Å². The summed E-state index contributed by atoms with van der Waals surface area (Å²) in [6.45, 7) is 0. The van der Waals surface area contributed by atoms with Crippen LogP contribution in [0.4, 0.5) is 0 Å². The van der Waals surface area contributed by atoms with E-state index in [-0.39, 0.29) is 60.1 Å². The zero-order valence-corrected chi connectivity index (χ0v) is 5.81. The molecule has 0 radical (unpaired) electrons. The van der Waals surface area contributed by atoms with Gasteiger partial charge in [-0.2, -0.15) is 0 Å². The molecule has 0 aliphatic heterocycles. The van der Waals surface area contributed by atoms with E-state index in [1.54, 1.807) is 0 Å². The molecule has 8 heavy (non-hydrogen) atoms. The van der Waals surface area contributed by atoms with E-state index in [0.717, 1.165) is 0 Å². The van der Waals surface area contributed by atoms with Gasteiger partial charge in [0.1, 0.15) is 0 Å². The van der Waals surface area contributed by atoms with Crippen molar-refractivity contribution in [3.05, 3.63) is 0 Å². The predicted octanol–water partition coefficient (Wildman–Crippen LogP) is -0.901. The Balaban J connectivity index is 0. The molecule has 9 N–H and O–H groups in total. The summed E-state index contributed by atoms with van der Waals surface area (Å²) in [7, 11) is 0. The van der Waals surface area contributed by atoms with Crippen LogP contribution in [0.3, 0.4) is 0 Å². The van der Waals surface area contributed by atoms with Crippen LogP contribution in [-0.4, -0.2) is 32.9 Å². The fourth-order valence-corrected chi connectivity index (χ4v) is 0. The molecular weight excluding hydrogens is 206 g/mol. The fraction of sp³-hybridized carbons (Fsp3) is 0. The summed E-state index contributed by atoms with van der Waals surface area (Å²) in [6, 6.07) is 0. The van der Waals surface area contributed by atoms with Crippen LogP contribution in [-0.2, 0) is 21.1 Å². The third kappa shape index (κ3) is 1120. The molecule has 0 aromatic heterocycles. The first-order valence-corrected chi connectivity index (χ1v) is 0. The summed E-state index contributed by atoms with van der Waals surface area (Å²) in [4.78, 5) is 0. The minimum atomic E-state index is 0. The molecule has 0 amide bonds. The van der Waals surface area contributed by atoms with Crippen molar-refractivity contribution in [1.29, 1.82) is 0 Å². The fourth-order valence-electron chi connectivity index (χ4n) is 0. The van der Waals surface area contributed by atoms with Crippen LogP contribution in [0.25, 0.3) is 0 Å². The van der Waals surface area contributed by atoms with E-state index in [9.17, 15) is 0 Å². The number of rotatable bonds is 0. The van der Waals surface area contributed by atoms with E-state index in [0.29, 0.717) is 0 Å². The first-order chi connectivity index (χ1) is 0. The van der Waals surface area contributed by atoms with Crippen LogP contribution < -0.4 is 6.15 Å². The van der Waals surface area contributed by atoms with Crippen LogP contribution >= 0.6 is 0 Å². The molecule has 0 fully saturated rings. The second kappa shape index (κ2) is 1820. The summed E-state index contributed by atoms with van der Waals surface area (Å²) in [5.74, 6) is 0. The minimum absolute atomic E-state index is 0. The molecule has 0 spiro atoms. The standard InChI is InChI=1S/Mo.H3N.6H2O/h;1H3;6*1H2/q+6;;;;;;;/p-6. The molecule has 0 atom stereocenters. The van der Waals surface area contributed by atoms with Crippen LogP contribution in [0.1, 0.15) is 0 Å². The molecular formula is H9MoNO6. The molecule has 56 valence electrons. The quantitative estimate of drug-likeness (QED) is 0.501. The van der Waals surface area contributed by atoms with Crippen LogP contribution in [0, 0.1) is 0 Å². The Morgan fingerprint density at radius 3 is 0.375 bits per heavy atom. The van der Waals surface area contributed by atoms with Gasteiger partial charge in [-0.05, 0) is 0 Å². The Morgan fingerprint density at radius 1 is 0.375 bits per heavy atom. The van der Waals surface area contributed by atoms with Gasteiger partial charge < -0.3 is 39.0 Å². The van der Waals surface area contributed by atoms with Crippen molar-refractivity contribution in [3.8, 4) is 0 Å². The molecule has 0 aliphatic carbocycles. The molecule has 0 saturated heterocycles. The van der Waals surface area contributed by atoms with Gasteiger partial charge in [-0.25, -0.2) is 0 Å². The zero-order chi connectivity index (χ0) is 0. The van der Waals surface area contributed by atoms with Gasteiger partial charge in [0.25, 0.3) is 0 Å². The van der Waals surface area contributed by atoms with E-state index in [1.807, 2.05) is 0 Å². The molecule has 7 nitrogen and oxygen atoms in total. The van der Waals surface area contributed by atoms with E-state index in [2.05, 4.69) is 0 Å². The van der Waals surface area contributed by atoms with E-state index in [1.165, 1.54) is 0 Å². The molecule has 0 heterocycles. The Labute approximate surface area is 60.8 Å². The van der Waals surface area contributed by atoms with Crippen molar-refractivity contribution in [2.45, 2.75) is 0 Å². The van der Waals surface area contributed by atoms with Gasteiger partial charge in [0.2, 0.25) is 0 Å². The second-order valence-corrected chi connectivity index (χ2v) is 0. The monoisotopic (exact) mass is 217 g/mol. The first-order valence-electron chi connectivity index (χ1n) is 0. The van der Waals surface area contributed by atoms with Crippen molar-refractivity contribution in [2.75, 3.05) is 0 Å². The minimum Gasteiger partial charge on any atom is -0.870 e. The average molecular weight is 215 g/mol. The third-order valence-corrected chi connectivity index (χ3v) is 0. The molecule has 0 unspecified atom stereocenters. The topological polar surface area (TPSA) is 215 Å². The Morgan fingerprint density at radius 2 is 0.375 bits per heavy atom. The van der Waals surface area contributed by atoms with Crippen LogP contribution in [0.15, 0.2) is 0 Å². The number of hydrogen-bond acceptors (Lipinski definition) is 7. The normalized spacial score (nSPS) is 0. The molecule has 0 aliphatic rings.